The number of nitrogens with zero attached hydrogens (tertiary/aromatic N) is 1. The smallest absolute Gasteiger partial charge is 0.150 e. The van der Waals surface area contributed by atoms with Crippen molar-refractivity contribution in [1.82, 2.24) is 4.90 Å². The molecule has 0 aliphatic heterocycles. The number of hydrogen-bond donors (Lipinski definition) is 0. The lowest BCUT2D eigenvalue weighted by molar-refractivity contribution is 0.0567. The Labute approximate surface area is 90.9 Å². The lowest BCUT2D eigenvalue weighted by Crippen LogP contribution is -2.47. The van der Waals surface area contributed by atoms with E-state index in [1.807, 2.05) is 18.2 Å². The largest absolute Gasteiger partial charge is 0.300 e. The van der Waals surface area contributed by atoms with Crippen molar-refractivity contribution in [3.8, 4) is 0 Å². The predicted octanol–water partition coefficient (Wildman–Crippen LogP) is 2.44. The van der Waals surface area contributed by atoms with Gasteiger partial charge in [0.2, 0.25) is 0 Å². The molecule has 0 saturated heterocycles. The van der Waals surface area contributed by atoms with Crippen LogP contribution in [-0.4, -0.2) is 25.3 Å². The van der Waals surface area contributed by atoms with E-state index < -0.39 is 0 Å². The molecule has 0 heterocycles. The zero-order valence-electron chi connectivity index (χ0n) is 9.36. The summed E-state index contributed by atoms with van der Waals surface area (Å²) < 4.78 is 0. The normalized spacial score (nSPS) is 18.6. The van der Waals surface area contributed by atoms with Crippen molar-refractivity contribution < 1.29 is 4.79 Å². The number of rotatable bonds is 3. The monoisotopic (exact) mass is 203 g/mol. The van der Waals surface area contributed by atoms with Crippen molar-refractivity contribution in [1.29, 1.82) is 0 Å². The molecule has 80 valence electrons. The number of carbonyl (C=O) groups excluding carboxylic acids is 1. The van der Waals surface area contributed by atoms with Crippen LogP contribution in [0.25, 0.3) is 0 Å². The third-order valence-electron chi connectivity index (χ3n) is 3.63. The van der Waals surface area contributed by atoms with Gasteiger partial charge >= 0.3 is 0 Å². The summed E-state index contributed by atoms with van der Waals surface area (Å²) >= 11 is 0. The molecule has 2 rings (SSSR count). The van der Waals surface area contributed by atoms with Crippen LogP contribution in [0, 0.1) is 0 Å². The van der Waals surface area contributed by atoms with Gasteiger partial charge in [-0.05, 0) is 38.9 Å². The Morgan fingerprint density at radius 3 is 2.40 bits per heavy atom. The van der Waals surface area contributed by atoms with Gasteiger partial charge in [0.15, 0.2) is 0 Å². The van der Waals surface area contributed by atoms with Crippen LogP contribution in [0.5, 0.6) is 0 Å². The van der Waals surface area contributed by atoms with Gasteiger partial charge in [0.1, 0.15) is 6.29 Å². The van der Waals surface area contributed by atoms with Gasteiger partial charge in [-0.1, -0.05) is 24.3 Å². The van der Waals surface area contributed by atoms with Crippen LogP contribution in [0.3, 0.4) is 0 Å². The summed E-state index contributed by atoms with van der Waals surface area (Å²) in [7, 11) is 4.20. The van der Waals surface area contributed by atoms with Crippen molar-refractivity contribution >= 4 is 6.29 Å². The molecule has 2 nitrogen and oxygen atoms in total. The van der Waals surface area contributed by atoms with Gasteiger partial charge in [0.05, 0.1) is 0 Å². The quantitative estimate of drug-likeness (QED) is 0.703. The topological polar surface area (TPSA) is 20.3 Å². The van der Waals surface area contributed by atoms with Crippen LogP contribution in [0.2, 0.25) is 0 Å². The first-order valence-electron chi connectivity index (χ1n) is 5.43. The van der Waals surface area contributed by atoms with Crippen LogP contribution in [0.4, 0.5) is 0 Å². The van der Waals surface area contributed by atoms with E-state index in [0.717, 1.165) is 24.7 Å². The summed E-state index contributed by atoms with van der Waals surface area (Å²) in [5.74, 6) is 0. The minimum Gasteiger partial charge on any atom is -0.300 e. The van der Waals surface area contributed by atoms with Crippen molar-refractivity contribution in [2.24, 2.45) is 0 Å². The standard InChI is InChI=1S/C13H17NO/c1-14(2)13(8-5-9-13)12-7-4-3-6-11(12)10-15/h3-4,6-7,10H,5,8-9H2,1-2H3. The molecule has 15 heavy (non-hydrogen) atoms. The molecular formula is C13H17NO. The van der Waals surface area contributed by atoms with Crippen LogP contribution < -0.4 is 0 Å². The summed E-state index contributed by atoms with van der Waals surface area (Å²) in [5.41, 5.74) is 2.14. The van der Waals surface area contributed by atoms with Gasteiger partial charge in [-0.15, -0.1) is 0 Å². The minimum absolute atomic E-state index is 0.109. The fourth-order valence-corrected chi connectivity index (χ4v) is 2.49. The molecule has 1 saturated carbocycles. The molecule has 0 radical (unpaired) electrons. The lowest BCUT2D eigenvalue weighted by atomic mass is 9.69. The van der Waals surface area contributed by atoms with Gasteiger partial charge in [0, 0.05) is 11.1 Å². The highest BCUT2D eigenvalue weighted by molar-refractivity contribution is 5.78. The van der Waals surface area contributed by atoms with E-state index in [9.17, 15) is 4.79 Å². The third kappa shape index (κ3) is 1.49. The molecule has 1 aliphatic carbocycles. The lowest BCUT2D eigenvalue weighted by Gasteiger charge is -2.48. The Kier molecular flexibility index (Phi) is 2.61. The van der Waals surface area contributed by atoms with Crippen molar-refractivity contribution in [3.63, 3.8) is 0 Å². The van der Waals surface area contributed by atoms with Gasteiger partial charge < -0.3 is 0 Å². The molecule has 0 amide bonds. The number of aldehydes is 1. The summed E-state index contributed by atoms with van der Waals surface area (Å²) in [6.07, 6.45) is 4.54. The second kappa shape index (κ2) is 3.78. The molecule has 0 atom stereocenters. The van der Waals surface area contributed by atoms with E-state index in [1.54, 1.807) is 0 Å². The van der Waals surface area contributed by atoms with E-state index in [4.69, 9.17) is 0 Å². The second-order valence-electron chi connectivity index (χ2n) is 4.48. The molecule has 1 aliphatic rings. The fourth-order valence-electron chi connectivity index (χ4n) is 2.49. The highest BCUT2D eigenvalue weighted by atomic mass is 16.1. The van der Waals surface area contributed by atoms with E-state index in [2.05, 4.69) is 25.1 Å². The third-order valence-corrected chi connectivity index (χ3v) is 3.63. The SMILES string of the molecule is CN(C)C1(c2ccccc2C=O)CCC1. The summed E-state index contributed by atoms with van der Waals surface area (Å²) in [6, 6.07) is 7.94. The van der Waals surface area contributed by atoms with Crippen molar-refractivity contribution in [3.05, 3.63) is 35.4 Å². The Hall–Kier alpha value is -1.15. The first-order valence-corrected chi connectivity index (χ1v) is 5.43. The van der Waals surface area contributed by atoms with E-state index >= 15 is 0 Å². The Bertz CT molecular complexity index is 367. The predicted molar refractivity (Wildman–Crippen MR) is 61.0 cm³/mol. The molecule has 0 spiro atoms. The van der Waals surface area contributed by atoms with Crippen LogP contribution in [-0.2, 0) is 5.54 Å². The van der Waals surface area contributed by atoms with Gasteiger partial charge in [0.25, 0.3) is 0 Å². The molecule has 2 heteroatoms. The Balaban J connectivity index is 2.47. The summed E-state index contributed by atoms with van der Waals surface area (Å²) in [6.45, 7) is 0. The molecular weight excluding hydrogens is 186 g/mol. The maximum absolute atomic E-state index is 11.0. The Morgan fingerprint density at radius 2 is 1.93 bits per heavy atom. The molecule has 1 aromatic rings. The van der Waals surface area contributed by atoms with Gasteiger partial charge in [-0.3, -0.25) is 9.69 Å². The van der Waals surface area contributed by atoms with Crippen molar-refractivity contribution in [2.75, 3.05) is 14.1 Å². The molecule has 0 aromatic heterocycles. The maximum Gasteiger partial charge on any atom is 0.150 e. The number of carbonyl (C=O) groups is 1. The summed E-state index contributed by atoms with van der Waals surface area (Å²) in [4.78, 5) is 13.3. The van der Waals surface area contributed by atoms with Gasteiger partial charge in [-0.2, -0.15) is 0 Å². The highest BCUT2D eigenvalue weighted by Crippen LogP contribution is 2.45. The second-order valence-corrected chi connectivity index (χ2v) is 4.48. The van der Waals surface area contributed by atoms with Crippen LogP contribution in [0.1, 0.15) is 35.2 Å². The number of hydrogen-bond acceptors (Lipinski definition) is 2. The fraction of sp³-hybridized carbons (Fsp3) is 0.462. The first kappa shape index (κ1) is 10.4. The zero-order chi connectivity index (χ0) is 10.9. The first-order chi connectivity index (χ1) is 7.20. The van der Waals surface area contributed by atoms with Crippen LogP contribution in [0.15, 0.2) is 24.3 Å². The van der Waals surface area contributed by atoms with Gasteiger partial charge in [-0.25, -0.2) is 0 Å². The number of benzene rings is 1. The molecule has 0 unspecified atom stereocenters. The van der Waals surface area contributed by atoms with E-state index in [1.165, 1.54) is 12.0 Å². The van der Waals surface area contributed by atoms with E-state index in [-0.39, 0.29) is 5.54 Å². The molecule has 1 aromatic carbocycles. The average Bonchev–Trinajstić information content (AvgIpc) is 2.16. The van der Waals surface area contributed by atoms with E-state index in [0.29, 0.717) is 0 Å². The molecule has 0 bridgehead atoms. The summed E-state index contributed by atoms with van der Waals surface area (Å²) in [5, 5.41) is 0. The average molecular weight is 203 g/mol. The Morgan fingerprint density at radius 1 is 1.27 bits per heavy atom. The van der Waals surface area contributed by atoms with Crippen LogP contribution >= 0.6 is 0 Å². The zero-order valence-corrected chi connectivity index (χ0v) is 9.36. The highest BCUT2D eigenvalue weighted by Gasteiger charge is 2.41. The minimum atomic E-state index is 0.109. The maximum atomic E-state index is 11.0. The molecule has 1 fully saturated rings. The molecule has 0 N–H and O–H groups in total. The van der Waals surface area contributed by atoms with Crippen molar-refractivity contribution in [2.45, 2.75) is 24.8 Å².